The molecule has 0 amide bonds. The monoisotopic (exact) mass is 237 g/mol. The zero-order chi connectivity index (χ0) is 12.1. The van der Waals surface area contributed by atoms with Crippen molar-refractivity contribution in [3.8, 4) is 0 Å². The van der Waals surface area contributed by atoms with Gasteiger partial charge in [-0.25, -0.2) is 0 Å². The van der Waals surface area contributed by atoms with Crippen LogP contribution in [-0.2, 0) is 9.47 Å². The molecule has 0 aromatic rings. The quantitative estimate of drug-likeness (QED) is 0.324. The highest BCUT2D eigenvalue weighted by Crippen LogP contribution is 2.19. The summed E-state index contributed by atoms with van der Waals surface area (Å²) < 4.78 is 9.76. The zero-order valence-electron chi connectivity index (χ0n) is 9.11. The van der Waals surface area contributed by atoms with Gasteiger partial charge in [0.05, 0.1) is 19.3 Å². The first-order valence-electron chi connectivity index (χ1n) is 5.14. The summed E-state index contributed by atoms with van der Waals surface area (Å²) in [5, 5.41) is 40.5. The van der Waals surface area contributed by atoms with Gasteiger partial charge in [-0.2, -0.15) is 0 Å². The molecule has 96 valence electrons. The van der Waals surface area contributed by atoms with Crippen LogP contribution in [0.5, 0.6) is 0 Å². The summed E-state index contributed by atoms with van der Waals surface area (Å²) in [4.78, 5) is 0. The van der Waals surface area contributed by atoms with Gasteiger partial charge in [-0.05, 0) is 0 Å². The van der Waals surface area contributed by atoms with E-state index in [9.17, 15) is 15.3 Å². The third-order valence-electron chi connectivity index (χ3n) is 2.59. The molecule has 0 aliphatic carbocycles. The molecular formula is C9H19NO6. The summed E-state index contributed by atoms with van der Waals surface area (Å²) in [6.07, 6.45) is -4.66. The van der Waals surface area contributed by atoms with Crippen molar-refractivity contribution >= 4 is 0 Å². The van der Waals surface area contributed by atoms with E-state index in [1.165, 1.54) is 7.11 Å². The molecule has 1 heterocycles. The van der Waals surface area contributed by atoms with Gasteiger partial charge < -0.3 is 35.2 Å². The number of nitrogens with one attached hydrogen (secondary N) is 1. The Morgan fingerprint density at radius 3 is 2.50 bits per heavy atom. The summed E-state index contributed by atoms with van der Waals surface area (Å²) in [6.45, 7) is 0.366. The van der Waals surface area contributed by atoms with Crippen LogP contribution >= 0.6 is 0 Å². The third-order valence-corrected chi connectivity index (χ3v) is 2.59. The van der Waals surface area contributed by atoms with Gasteiger partial charge in [-0.3, -0.25) is 0 Å². The lowest BCUT2D eigenvalue weighted by Gasteiger charge is -2.40. The number of rotatable bonds is 5. The van der Waals surface area contributed by atoms with E-state index >= 15 is 0 Å². The van der Waals surface area contributed by atoms with Gasteiger partial charge in [0, 0.05) is 13.7 Å². The molecule has 7 nitrogen and oxygen atoms in total. The maximum absolute atomic E-state index is 9.70. The van der Waals surface area contributed by atoms with Gasteiger partial charge in [-0.1, -0.05) is 0 Å². The number of methoxy groups -OCH3 is 1. The molecule has 5 atom stereocenters. The first-order valence-corrected chi connectivity index (χ1v) is 5.14. The molecule has 7 heteroatoms. The number of aliphatic hydroxyl groups excluding tert-OH is 4. The minimum atomic E-state index is -1.27. The maximum atomic E-state index is 9.70. The summed E-state index contributed by atoms with van der Waals surface area (Å²) in [5.41, 5.74) is 0. The molecule has 1 rings (SSSR count). The molecule has 1 fully saturated rings. The van der Waals surface area contributed by atoms with Gasteiger partial charge in [0.15, 0.2) is 6.29 Å². The molecule has 1 aliphatic rings. The second-order valence-corrected chi connectivity index (χ2v) is 3.70. The number of ether oxygens (including phenoxy) is 2. The van der Waals surface area contributed by atoms with Crippen molar-refractivity contribution in [1.82, 2.24) is 5.32 Å². The Balaban J connectivity index is 2.50. The molecule has 0 aromatic carbocycles. The molecule has 0 spiro atoms. The molecule has 0 bridgehead atoms. The minimum Gasteiger partial charge on any atom is -0.394 e. The topological polar surface area (TPSA) is 111 Å². The van der Waals surface area contributed by atoms with E-state index in [2.05, 4.69) is 5.32 Å². The number of hydrogen-bond acceptors (Lipinski definition) is 7. The Kier molecular flexibility index (Phi) is 5.56. The van der Waals surface area contributed by atoms with E-state index < -0.39 is 37.3 Å². The Morgan fingerprint density at radius 2 is 1.94 bits per heavy atom. The lowest BCUT2D eigenvalue weighted by Crippen LogP contribution is -2.63. The van der Waals surface area contributed by atoms with Crippen LogP contribution in [-0.4, -0.2) is 77.9 Å². The number of aliphatic hydroxyl groups is 4. The molecule has 0 aromatic heterocycles. The van der Waals surface area contributed by atoms with Gasteiger partial charge >= 0.3 is 0 Å². The summed E-state index contributed by atoms with van der Waals surface area (Å²) in [5.74, 6) is 0. The Morgan fingerprint density at radius 1 is 1.25 bits per heavy atom. The van der Waals surface area contributed by atoms with E-state index in [1.807, 2.05) is 0 Å². The maximum Gasteiger partial charge on any atom is 0.173 e. The first-order chi connectivity index (χ1) is 7.61. The summed E-state index contributed by atoms with van der Waals surface area (Å²) in [7, 11) is 1.53. The number of hydrogen-bond donors (Lipinski definition) is 5. The van der Waals surface area contributed by atoms with Gasteiger partial charge in [0.1, 0.15) is 18.3 Å². The lowest BCUT2D eigenvalue weighted by atomic mass is 9.97. The lowest BCUT2D eigenvalue weighted by molar-refractivity contribution is -0.254. The molecule has 0 saturated carbocycles. The van der Waals surface area contributed by atoms with Crippen LogP contribution in [0, 0.1) is 0 Å². The highest BCUT2D eigenvalue weighted by atomic mass is 16.6. The minimum absolute atomic E-state index is 0.412. The Hall–Kier alpha value is -0.280. The Bertz CT molecular complexity index is 204. The predicted octanol–water partition coefficient (Wildman–Crippen LogP) is -2.98. The highest BCUT2D eigenvalue weighted by Gasteiger charge is 2.43. The van der Waals surface area contributed by atoms with E-state index in [0.717, 1.165) is 0 Å². The molecule has 1 aliphatic heterocycles. The normalized spacial score (nSPS) is 39.9. The van der Waals surface area contributed by atoms with Crippen LogP contribution in [0.4, 0.5) is 0 Å². The Labute approximate surface area is 93.6 Å². The highest BCUT2D eigenvalue weighted by molar-refractivity contribution is 4.92. The molecule has 0 radical (unpaired) electrons. The third kappa shape index (κ3) is 3.11. The van der Waals surface area contributed by atoms with E-state index in [-0.39, 0.29) is 0 Å². The largest absolute Gasteiger partial charge is 0.394 e. The van der Waals surface area contributed by atoms with Crippen LogP contribution in [0.1, 0.15) is 0 Å². The van der Waals surface area contributed by atoms with Crippen molar-refractivity contribution in [3.63, 3.8) is 0 Å². The second kappa shape index (κ2) is 6.45. The van der Waals surface area contributed by atoms with Gasteiger partial charge in [0.25, 0.3) is 0 Å². The molecule has 16 heavy (non-hydrogen) atoms. The van der Waals surface area contributed by atoms with Crippen LogP contribution in [0.15, 0.2) is 0 Å². The fraction of sp³-hybridized carbons (Fsp3) is 1.00. The molecule has 1 unspecified atom stereocenters. The van der Waals surface area contributed by atoms with E-state index in [4.69, 9.17) is 14.6 Å². The fourth-order valence-electron chi connectivity index (χ4n) is 1.65. The standard InChI is InChI=1S/C9H19NO6/c1-15-3-2-10-6-8(13)7(12)5(4-11)16-9(6)14/h5-14H,2-4H2,1H3/t5-,6-,7-,8-,9?/m1/s1. The SMILES string of the molecule is COCCN[C@H]1C(O)O[C@H](CO)[C@@H](O)[C@@H]1O. The summed E-state index contributed by atoms with van der Waals surface area (Å²) >= 11 is 0. The predicted molar refractivity (Wildman–Crippen MR) is 53.6 cm³/mol. The van der Waals surface area contributed by atoms with Crippen molar-refractivity contribution in [2.45, 2.75) is 30.6 Å². The smallest absolute Gasteiger partial charge is 0.173 e. The van der Waals surface area contributed by atoms with Gasteiger partial charge in [-0.15, -0.1) is 0 Å². The first kappa shape index (κ1) is 13.8. The van der Waals surface area contributed by atoms with Crippen molar-refractivity contribution in [2.75, 3.05) is 26.9 Å². The molecule has 1 saturated heterocycles. The van der Waals surface area contributed by atoms with E-state index in [0.29, 0.717) is 13.2 Å². The summed E-state index contributed by atoms with van der Waals surface area (Å²) in [6, 6.07) is -0.798. The van der Waals surface area contributed by atoms with Gasteiger partial charge in [0.2, 0.25) is 0 Å². The molecular weight excluding hydrogens is 218 g/mol. The zero-order valence-corrected chi connectivity index (χ0v) is 9.11. The average molecular weight is 237 g/mol. The van der Waals surface area contributed by atoms with Crippen LogP contribution < -0.4 is 5.32 Å². The van der Waals surface area contributed by atoms with Crippen molar-refractivity contribution < 1.29 is 29.9 Å². The second-order valence-electron chi connectivity index (χ2n) is 3.70. The van der Waals surface area contributed by atoms with Crippen molar-refractivity contribution in [1.29, 1.82) is 0 Å². The fourth-order valence-corrected chi connectivity index (χ4v) is 1.65. The average Bonchev–Trinajstić information content (AvgIpc) is 2.28. The molecule has 5 N–H and O–H groups in total. The van der Waals surface area contributed by atoms with Crippen molar-refractivity contribution in [2.24, 2.45) is 0 Å². The van der Waals surface area contributed by atoms with Crippen LogP contribution in [0.3, 0.4) is 0 Å². The van der Waals surface area contributed by atoms with E-state index in [1.54, 1.807) is 0 Å². The van der Waals surface area contributed by atoms with Crippen LogP contribution in [0.25, 0.3) is 0 Å². The van der Waals surface area contributed by atoms with Crippen LogP contribution in [0.2, 0.25) is 0 Å². The van der Waals surface area contributed by atoms with Crippen molar-refractivity contribution in [3.05, 3.63) is 0 Å².